The molecule has 1 aromatic heterocycles. The number of H-pyrrole nitrogens is 1. The van der Waals surface area contributed by atoms with Crippen LogP contribution >= 0.6 is 0 Å². The lowest BCUT2D eigenvalue weighted by molar-refractivity contribution is -0.129. The largest absolute Gasteiger partial charge is 0.496 e. The Bertz CT molecular complexity index is 1500. The molecule has 0 spiro atoms. The van der Waals surface area contributed by atoms with E-state index in [9.17, 15) is 9.59 Å². The summed E-state index contributed by atoms with van der Waals surface area (Å²) < 4.78 is 16.6. The molecular weight excluding hydrogens is 442 g/mol. The second kappa shape index (κ2) is 8.99. The van der Waals surface area contributed by atoms with E-state index in [1.807, 2.05) is 54.6 Å². The summed E-state index contributed by atoms with van der Waals surface area (Å²) >= 11 is 0. The second-order valence-corrected chi connectivity index (χ2v) is 7.98. The number of aromatic amines is 1. The number of fused-ring (bicyclic) bond motifs is 1. The van der Waals surface area contributed by atoms with Crippen molar-refractivity contribution in [2.45, 2.75) is 0 Å². The number of hydrogen-bond acceptors (Lipinski definition) is 5. The van der Waals surface area contributed by atoms with Crippen LogP contribution in [-0.4, -0.2) is 37.9 Å². The van der Waals surface area contributed by atoms with Crippen LogP contribution in [0, 0.1) is 0 Å². The maximum Gasteiger partial charge on any atom is 0.236 e. The number of ether oxygens (including phenoxy) is 3. The third-order valence-electron chi connectivity index (χ3n) is 6.15. The zero-order chi connectivity index (χ0) is 24.5. The normalized spacial score (nSPS) is 13.0. The number of carbonyl (C=O) groups is 2. The lowest BCUT2D eigenvalue weighted by atomic mass is 9.86. The minimum Gasteiger partial charge on any atom is -0.496 e. The highest BCUT2D eigenvalue weighted by Gasteiger charge is 2.33. The van der Waals surface area contributed by atoms with Crippen molar-refractivity contribution in [2.24, 2.45) is 0 Å². The monoisotopic (exact) mass is 465 g/mol. The van der Waals surface area contributed by atoms with Gasteiger partial charge in [0.25, 0.3) is 0 Å². The molecule has 5 rings (SSSR count). The SMILES string of the molecule is COc1ccccc1C1=c2cc(-c3ccccc3OC)[nH]c2=C(c2ccccc2OC)C(=O)C1=O. The molecule has 0 aliphatic heterocycles. The average molecular weight is 466 g/mol. The summed E-state index contributed by atoms with van der Waals surface area (Å²) in [5, 5.41) is 1.15. The van der Waals surface area contributed by atoms with Crippen molar-refractivity contribution in [2.75, 3.05) is 21.3 Å². The Hall–Kier alpha value is -4.58. The quantitative estimate of drug-likeness (QED) is 0.443. The van der Waals surface area contributed by atoms with E-state index in [1.54, 1.807) is 38.5 Å². The fraction of sp³-hybridized carbons (Fsp3) is 0.103. The smallest absolute Gasteiger partial charge is 0.236 e. The highest BCUT2D eigenvalue weighted by atomic mass is 16.5. The molecule has 1 aliphatic carbocycles. The molecule has 0 unspecified atom stereocenters. The van der Waals surface area contributed by atoms with Crippen LogP contribution in [0.2, 0.25) is 0 Å². The van der Waals surface area contributed by atoms with E-state index < -0.39 is 11.6 Å². The number of para-hydroxylation sites is 3. The van der Waals surface area contributed by atoms with E-state index in [0.717, 1.165) is 11.3 Å². The highest BCUT2D eigenvalue weighted by molar-refractivity contribution is 6.65. The van der Waals surface area contributed by atoms with Gasteiger partial charge in [0.2, 0.25) is 11.6 Å². The van der Waals surface area contributed by atoms with Crippen molar-refractivity contribution in [3.63, 3.8) is 0 Å². The number of hydrogen-bond donors (Lipinski definition) is 1. The van der Waals surface area contributed by atoms with Gasteiger partial charge in [-0.05, 0) is 30.3 Å². The van der Waals surface area contributed by atoms with Crippen molar-refractivity contribution in [1.82, 2.24) is 4.98 Å². The Balaban J connectivity index is 1.96. The van der Waals surface area contributed by atoms with Gasteiger partial charge in [0.05, 0.1) is 37.9 Å². The van der Waals surface area contributed by atoms with Crippen molar-refractivity contribution in [3.05, 3.63) is 101 Å². The van der Waals surface area contributed by atoms with Gasteiger partial charge in [-0.3, -0.25) is 9.59 Å². The Morgan fingerprint density at radius 3 is 1.54 bits per heavy atom. The van der Waals surface area contributed by atoms with Crippen LogP contribution < -0.4 is 24.8 Å². The number of aromatic nitrogens is 1. The predicted molar refractivity (Wildman–Crippen MR) is 133 cm³/mol. The topological polar surface area (TPSA) is 77.6 Å². The Kier molecular flexibility index (Phi) is 5.71. The molecule has 0 saturated carbocycles. The molecule has 6 heteroatoms. The zero-order valence-electron chi connectivity index (χ0n) is 19.5. The van der Waals surface area contributed by atoms with Crippen LogP contribution in [0.3, 0.4) is 0 Å². The molecule has 0 bridgehead atoms. The van der Waals surface area contributed by atoms with Gasteiger partial charge in [0, 0.05) is 27.5 Å². The fourth-order valence-electron chi connectivity index (χ4n) is 4.55. The number of nitrogens with one attached hydrogen (secondary N) is 1. The third-order valence-corrected chi connectivity index (χ3v) is 6.15. The van der Waals surface area contributed by atoms with Crippen molar-refractivity contribution < 1.29 is 23.8 Å². The van der Waals surface area contributed by atoms with E-state index in [2.05, 4.69) is 4.98 Å². The molecular formula is C29H23NO5. The summed E-state index contributed by atoms with van der Waals surface area (Å²) in [6.45, 7) is 0. The standard InChI is InChI=1S/C29H23NO5/c1-33-22-13-7-4-10-17(22)21-16-20-25(18-11-5-8-14-23(18)34-2)28(31)29(32)26(27(20)30-21)19-12-6-9-15-24(19)35-3/h4-16,30H,1-3H3. The molecule has 1 heterocycles. The van der Waals surface area contributed by atoms with Crippen LogP contribution in [-0.2, 0) is 9.59 Å². The minimum atomic E-state index is -0.615. The van der Waals surface area contributed by atoms with Gasteiger partial charge >= 0.3 is 0 Å². The Morgan fingerprint density at radius 1 is 0.571 bits per heavy atom. The van der Waals surface area contributed by atoms with E-state index in [-0.39, 0.29) is 5.57 Å². The van der Waals surface area contributed by atoms with Gasteiger partial charge in [-0.15, -0.1) is 0 Å². The fourth-order valence-corrected chi connectivity index (χ4v) is 4.55. The van der Waals surface area contributed by atoms with Crippen LogP contribution in [0.4, 0.5) is 0 Å². The first kappa shape index (κ1) is 22.2. The van der Waals surface area contributed by atoms with Crippen LogP contribution in [0.5, 0.6) is 17.2 Å². The number of ketones is 2. The zero-order valence-corrected chi connectivity index (χ0v) is 19.5. The molecule has 35 heavy (non-hydrogen) atoms. The molecule has 6 nitrogen and oxygen atoms in total. The van der Waals surface area contributed by atoms with Crippen LogP contribution in [0.25, 0.3) is 22.4 Å². The first-order chi connectivity index (χ1) is 17.1. The van der Waals surface area contributed by atoms with Gasteiger partial charge in [-0.2, -0.15) is 0 Å². The molecule has 0 saturated heterocycles. The van der Waals surface area contributed by atoms with Gasteiger partial charge in [-0.1, -0.05) is 48.5 Å². The summed E-state index contributed by atoms with van der Waals surface area (Å²) in [6.07, 6.45) is 0. The summed E-state index contributed by atoms with van der Waals surface area (Å²) in [5.41, 5.74) is 3.18. The van der Waals surface area contributed by atoms with Crippen molar-refractivity contribution in [3.8, 4) is 28.5 Å². The molecule has 1 aliphatic rings. The third kappa shape index (κ3) is 3.60. The lowest BCUT2D eigenvalue weighted by Gasteiger charge is -2.17. The van der Waals surface area contributed by atoms with Crippen LogP contribution in [0.15, 0.2) is 78.9 Å². The molecule has 4 aromatic rings. The van der Waals surface area contributed by atoms with Gasteiger partial charge in [0.1, 0.15) is 17.2 Å². The van der Waals surface area contributed by atoms with Crippen LogP contribution in [0.1, 0.15) is 11.1 Å². The summed E-state index contributed by atoms with van der Waals surface area (Å²) in [6, 6.07) is 23.8. The van der Waals surface area contributed by atoms with E-state index in [1.165, 1.54) is 7.11 Å². The number of benzene rings is 3. The van der Waals surface area contributed by atoms with Gasteiger partial charge < -0.3 is 19.2 Å². The lowest BCUT2D eigenvalue weighted by Crippen LogP contribution is -2.41. The Morgan fingerprint density at radius 2 is 1.00 bits per heavy atom. The van der Waals surface area contributed by atoms with Gasteiger partial charge in [-0.25, -0.2) is 0 Å². The molecule has 0 radical (unpaired) electrons. The second-order valence-electron chi connectivity index (χ2n) is 7.98. The van der Waals surface area contributed by atoms with E-state index in [0.29, 0.717) is 44.5 Å². The minimum absolute atomic E-state index is 0.266. The van der Waals surface area contributed by atoms with Crippen molar-refractivity contribution in [1.29, 1.82) is 0 Å². The first-order valence-electron chi connectivity index (χ1n) is 11.1. The molecule has 1 N–H and O–H groups in total. The van der Waals surface area contributed by atoms with E-state index in [4.69, 9.17) is 14.2 Å². The summed E-state index contributed by atoms with van der Waals surface area (Å²) in [5.74, 6) is 0.463. The molecule has 3 aromatic carbocycles. The maximum atomic E-state index is 13.7. The number of methoxy groups -OCH3 is 3. The molecule has 0 amide bonds. The number of carbonyl (C=O) groups excluding carboxylic acids is 2. The van der Waals surface area contributed by atoms with Gasteiger partial charge in [0.15, 0.2) is 0 Å². The summed E-state index contributed by atoms with van der Waals surface area (Å²) in [4.78, 5) is 30.7. The Labute approximate surface area is 202 Å². The predicted octanol–water partition coefficient (Wildman–Crippen LogP) is 3.26. The molecule has 0 fully saturated rings. The molecule has 174 valence electrons. The average Bonchev–Trinajstić information content (AvgIpc) is 3.33. The number of Topliss-reactive ketones (excluding diaryl/α,β-unsaturated/α-hetero) is 2. The highest BCUT2D eigenvalue weighted by Crippen LogP contribution is 2.32. The van der Waals surface area contributed by atoms with E-state index >= 15 is 0 Å². The maximum absolute atomic E-state index is 13.7. The number of rotatable bonds is 6. The molecule has 0 atom stereocenters. The van der Waals surface area contributed by atoms with Crippen molar-refractivity contribution >= 4 is 22.7 Å². The first-order valence-corrected chi connectivity index (χ1v) is 11.1. The summed E-state index contributed by atoms with van der Waals surface area (Å²) in [7, 11) is 4.68.